The van der Waals surface area contributed by atoms with Crippen LogP contribution in [0, 0.1) is 17.2 Å². The Hall–Kier alpha value is -1.89. The van der Waals surface area contributed by atoms with Crippen LogP contribution in [0.4, 0.5) is 5.82 Å². The van der Waals surface area contributed by atoms with E-state index in [1.54, 1.807) is 25.2 Å². The summed E-state index contributed by atoms with van der Waals surface area (Å²) in [6.07, 6.45) is 1.95. The highest BCUT2D eigenvalue weighted by Gasteiger charge is 2.32. The molecule has 15 heavy (non-hydrogen) atoms. The second-order valence-electron chi connectivity index (χ2n) is 3.66. The van der Waals surface area contributed by atoms with E-state index in [9.17, 15) is 4.79 Å². The number of aromatic nitrogens is 1. The Morgan fingerprint density at radius 3 is 2.93 bits per heavy atom. The molecule has 4 nitrogen and oxygen atoms in total. The van der Waals surface area contributed by atoms with E-state index < -0.39 is 0 Å². The number of rotatable bonds is 2. The van der Waals surface area contributed by atoms with Crippen LogP contribution in [0.2, 0.25) is 0 Å². The molecule has 0 bridgehead atoms. The van der Waals surface area contributed by atoms with Gasteiger partial charge >= 0.3 is 0 Å². The Morgan fingerprint density at radius 1 is 1.60 bits per heavy atom. The molecule has 0 aromatic carbocycles. The SMILES string of the molecule is CN(C(=O)C1CC1)c1cccc(C#N)n1. The average molecular weight is 201 g/mol. The summed E-state index contributed by atoms with van der Waals surface area (Å²) in [4.78, 5) is 17.3. The third kappa shape index (κ3) is 1.96. The van der Waals surface area contributed by atoms with E-state index in [2.05, 4.69) is 4.98 Å². The first-order chi connectivity index (χ1) is 7.22. The number of pyridine rings is 1. The molecule has 1 heterocycles. The van der Waals surface area contributed by atoms with Gasteiger partial charge in [-0.15, -0.1) is 0 Å². The molecule has 1 aliphatic carbocycles. The third-order valence-corrected chi connectivity index (χ3v) is 2.45. The van der Waals surface area contributed by atoms with Gasteiger partial charge in [0.15, 0.2) is 0 Å². The minimum Gasteiger partial charge on any atom is -0.300 e. The van der Waals surface area contributed by atoms with Crippen LogP contribution in [0.3, 0.4) is 0 Å². The van der Waals surface area contributed by atoms with Crippen LogP contribution in [0.15, 0.2) is 18.2 Å². The summed E-state index contributed by atoms with van der Waals surface area (Å²) >= 11 is 0. The molecule has 76 valence electrons. The summed E-state index contributed by atoms with van der Waals surface area (Å²) in [5.74, 6) is 0.811. The van der Waals surface area contributed by atoms with Crippen LogP contribution in [-0.2, 0) is 4.79 Å². The Kier molecular flexibility index (Phi) is 2.38. The fourth-order valence-corrected chi connectivity index (χ4v) is 1.39. The summed E-state index contributed by atoms with van der Waals surface area (Å²) < 4.78 is 0. The summed E-state index contributed by atoms with van der Waals surface area (Å²) in [6.45, 7) is 0. The van der Waals surface area contributed by atoms with Gasteiger partial charge in [0.05, 0.1) is 0 Å². The Bertz CT molecular complexity index is 432. The van der Waals surface area contributed by atoms with Gasteiger partial charge in [-0.3, -0.25) is 9.69 Å². The smallest absolute Gasteiger partial charge is 0.230 e. The molecule has 1 aromatic heterocycles. The third-order valence-electron chi connectivity index (χ3n) is 2.45. The lowest BCUT2D eigenvalue weighted by Crippen LogP contribution is -2.28. The van der Waals surface area contributed by atoms with Crippen molar-refractivity contribution >= 4 is 11.7 Å². The lowest BCUT2D eigenvalue weighted by atomic mass is 10.3. The fourth-order valence-electron chi connectivity index (χ4n) is 1.39. The van der Waals surface area contributed by atoms with E-state index in [0.717, 1.165) is 12.8 Å². The van der Waals surface area contributed by atoms with E-state index in [0.29, 0.717) is 11.5 Å². The maximum Gasteiger partial charge on any atom is 0.230 e. The van der Waals surface area contributed by atoms with Gasteiger partial charge < -0.3 is 0 Å². The number of hydrogen-bond donors (Lipinski definition) is 0. The van der Waals surface area contributed by atoms with E-state index in [4.69, 9.17) is 5.26 Å². The molecule has 4 heteroatoms. The van der Waals surface area contributed by atoms with Gasteiger partial charge in [-0.05, 0) is 25.0 Å². The molecule has 1 aliphatic rings. The number of carbonyl (C=O) groups is 1. The highest BCUT2D eigenvalue weighted by atomic mass is 16.2. The first-order valence-corrected chi connectivity index (χ1v) is 4.87. The molecule has 0 radical (unpaired) electrons. The Morgan fingerprint density at radius 2 is 2.33 bits per heavy atom. The van der Waals surface area contributed by atoms with Gasteiger partial charge in [0.25, 0.3) is 0 Å². The lowest BCUT2D eigenvalue weighted by molar-refractivity contribution is -0.119. The van der Waals surface area contributed by atoms with Gasteiger partial charge in [-0.2, -0.15) is 5.26 Å². The number of anilines is 1. The maximum absolute atomic E-state index is 11.7. The van der Waals surface area contributed by atoms with Crippen molar-refractivity contribution in [2.75, 3.05) is 11.9 Å². The first kappa shape index (κ1) is 9.66. The largest absolute Gasteiger partial charge is 0.300 e. The van der Waals surface area contributed by atoms with Crippen LogP contribution in [0.25, 0.3) is 0 Å². The Labute approximate surface area is 88.1 Å². The van der Waals surface area contributed by atoms with Gasteiger partial charge in [-0.25, -0.2) is 4.98 Å². The van der Waals surface area contributed by atoms with Crippen molar-refractivity contribution in [1.29, 1.82) is 5.26 Å². The number of carbonyl (C=O) groups excluding carboxylic acids is 1. The second kappa shape index (κ2) is 3.70. The van der Waals surface area contributed by atoms with Crippen LogP contribution >= 0.6 is 0 Å². The summed E-state index contributed by atoms with van der Waals surface area (Å²) in [5.41, 5.74) is 0.336. The molecule has 1 aromatic rings. The molecule has 0 spiro atoms. The van der Waals surface area contributed by atoms with Crippen molar-refractivity contribution in [3.8, 4) is 6.07 Å². The predicted molar refractivity (Wildman–Crippen MR) is 55.1 cm³/mol. The lowest BCUT2D eigenvalue weighted by Gasteiger charge is -2.15. The molecular weight excluding hydrogens is 190 g/mol. The minimum atomic E-state index is 0.0950. The van der Waals surface area contributed by atoms with Gasteiger partial charge in [0, 0.05) is 13.0 Å². The zero-order valence-electron chi connectivity index (χ0n) is 8.47. The van der Waals surface area contributed by atoms with Crippen LogP contribution < -0.4 is 4.90 Å². The molecule has 0 aliphatic heterocycles. The van der Waals surface area contributed by atoms with Crippen molar-refractivity contribution in [1.82, 2.24) is 4.98 Å². The molecule has 1 saturated carbocycles. The van der Waals surface area contributed by atoms with E-state index in [1.165, 1.54) is 4.90 Å². The zero-order valence-corrected chi connectivity index (χ0v) is 8.47. The normalized spacial score (nSPS) is 14.4. The first-order valence-electron chi connectivity index (χ1n) is 4.87. The van der Waals surface area contributed by atoms with Gasteiger partial charge in [-0.1, -0.05) is 6.07 Å². The molecule has 1 amide bonds. The van der Waals surface area contributed by atoms with Crippen LogP contribution in [0.5, 0.6) is 0 Å². The highest BCUT2D eigenvalue weighted by Crippen LogP contribution is 2.31. The average Bonchev–Trinajstić information content (AvgIpc) is 3.11. The summed E-state index contributed by atoms with van der Waals surface area (Å²) in [7, 11) is 1.70. The standard InChI is InChI=1S/C11H11N3O/c1-14(11(15)8-5-6-8)10-4-2-3-9(7-12)13-10/h2-4,8H,5-6H2,1H3. The minimum absolute atomic E-state index is 0.0950. The second-order valence-corrected chi connectivity index (χ2v) is 3.66. The molecule has 2 rings (SSSR count). The number of amides is 1. The van der Waals surface area contributed by atoms with Gasteiger partial charge in [0.1, 0.15) is 17.6 Å². The van der Waals surface area contributed by atoms with Crippen molar-refractivity contribution in [2.45, 2.75) is 12.8 Å². The van der Waals surface area contributed by atoms with E-state index in [-0.39, 0.29) is 11.8 Å². The molecule has 0 unspecified atom stereocenters. The van der Waals surface area contributed by atoms with Crippen molar-refractivity contribution in [3.05, 3.63) is 23.9 Å². The van der Waals surface area contributed by atoms with E-state index in [1.807, 2.05) is 6.07 Å². The predicted octanol–water partition coefficient (Wildman–Crippen LogP) is 1.33. The van der Waals surface area contributed by atoms with E-state index >= 15 is 0 Å². The van der Waals surface area contributed by atoms with Gasteiger partial charge in [0.2, 0.25) is 5.91 Å². The highest BCUT2D eigenvalue weighted by molar-refractivity contribution is 5.95. The molecule has 1 fully saturated rings. The fraction of sp³-hybridized carbons (Fsp3) is 0.364. The molecule has 0 N–H and O–H groups in total. The summed E-state index contributed by atoms with van der Waals surface area (Å²) in [5, 5.41) is 8.69. The summed E-state index contributed by atoms with van der Waals surface area (Å²) in [6, 6.07) is 7.05. The molecular formula is C11H11N3O. The van der Waals surface area contributed by atoms with Crippen LogP contribution in [-0.4, -0.2) is 17.9 Å². The quantitative estimate of drug-likeness (QED) is 0.725. The van der Waals surface area contributed by atoms with Crippen molar-refractivity contribution in [3.63, 3.8) is 0 Å². The molecule has 0 atom stereocenters. The topological polar surface area (TPSA) is 57.0 Å². The van der Waals surface area contributed by atoms with Crippen LogP contribution in [0.1, 0.15) is 18.5 Å². The number of hydrogen-bond acceptors (Lipinski definition) is 3. The number of nitrogens with zero attached hydrogens (tertiary/aromatic N) is 3. The zero-order chi connectivity index (χ0) is 10.8. The maximum atomic E-state index is 11.7. The van der Waals surface area contributed by atoms with Crippen molar-refractivity contribution < 1.29 is 4.79 Å². The monoisotopic (exact) mass is 201 g/mol. The number of nitriles is 1. The molecule has 0 saturated heterocycles. The van der Waals surface area contributed by atoms with Crippen molar-refractivity contribution in [2.24, 2.45) is 5.92 Å². The Balaban J connectivity index is 2.21.